The molecule has 1 atom stereocenters. The van der Waals surface area contributed by atoms with Crippen molar-refractivity contribution in [3.8, 4) is 0 Å². The molecule has 0 rings (SSSR count). The minimum atomic E-state index is -0.0280. The van der Waals surface area contributed by atoms with Gasteiger partial charge in [-0.25, -0.2) is 0 Å². The van der Waals surface area contributed by atoms with Gasteiger partial charge in [-0.3, -0.25) is 0 Å². The fourth-order valence-electron chi connectivity index (χ4n) is 3.35. The highest BCUT2D eigenvalue weighted by Gasteiger charge is 2.03. The smallest absolute Gasteiger partial charge is 0.0540 e. The Kier molecular flexibility index (Phi) is 20.0. The van der Waals surface area contributed by atoms with Crippen LogP contribution in [0.1, 0.15) is 136 Å². The molecule has 0 aliphatic rings. The van der Waals surface area contributed by atoms with Crippen molar-refractivity contribution >= 4 is 0 Å². The molecule has 0 aromatic carbocycles. The van der Waals surface area contributed by atoms with Gasteiger partial charge in [0.05, 0.1) is 6.10 Å². The third-order valence-corrected chi connectivity index (χ3v) is 5.03. The zero-order valence-corrected chi connectivity index (χ0v) is 16.5. The quantitative estimate of drug-likeness (QED) is 0.240. The number of hydrogen-bond donors (Lipinski definition) is 1. The van der Waals surface area contributed by atoms with E-state index in [0.29, 0.717) is 0 Å². The lowest BCUT2D eigenvalue weighted by molar-refractivity contribution is 0.147. The molecule has 0 saturated heterocycles. The van der Waals surface area contributed by atoms with Crippen molar-refractivity contribution in [2.45, 2.75) is 142 Å². The molecule has 0 aliphatic carbocycles. The standard InChI is InChI=1S/C22H46O/c1-3-5-7-9-10-11-12-13-14-15-17-19-21-22(23)20-18-16-8-6-4-2/h22-23H,3-21H2,1-2H3. The molecule has 0 aromatic heterocycles. The van der Waals surface area contributed by atoms with Gasteiger partial charge in [-0.15, -0.1) is 0 Å². The maximum absolute atomic E-state index is 9.97. The Bertz CT molecular complexity index is 202. The van der Waals surface area contributed by atoms with E-state index in [-0.39, 0.29) is 6.10 Å². The molecule has 0 aliphatic heterocycles. The summed E-state index contributed by atoms with van der Waals surface area (Å²) in [4.78, 5) is 0. The Morgan fingerprint density at radius 3 is 1.00 bits per heavy atom. The van der Waals surface area contributed by atoms with Crippen LogP contribution >= 0.6 is 0 Å². The van der Waals surface area contributed by atoms with Crippen LogP contribution in [-0.2, 0) is 0 Å². The Hall–Kier alpha value is -0.0400. The number of hydrogen-bond acceptors (Lipinski definition) is 1. The van der Waals surface area contributed by atoms with Gasteiger partial charge in [0.1, 0.15) is 0 Å². The molecule has 0 fully saturated rings. The predicted molar refractivity (Wildman–Crippen MR) is 105 cm³/mol. The first kappa shape index (κ1) is 23.0. The number of aliphatic hydroxyl groups is 1. The highest BCUT2D eigenvalue weighted by Crippen LogP contribution is 2.15. The predicted octanol–water partition coefficient (Wildman–Crippen LogP) is 7.80. The van der Waals surface area contributed by atoms with Crippen LogP contribution in [0.3, 0.4) is 0 Å². The number of aliphatic hydroxyl groups excluding tert-OH is 1. The minimum absolute atomic E-state index is 0.0280. The number of rotatable bonds is 19. The summed E-state index contributed by atoms with van der Waals surface area (Å²) in [7, 11) is 0. The van der Waals surface area contributed by atoms with Crippen molar-refractivity contribution < 1.29 is 5.11 Å². The molecule has 1 heteroatoms. The Morgan fingerprint density at radius 2 is 0.696 bits per heavy atom. The van der Waals surface area contributed by atoms with E-state index in [1.807, 2.05) is 0 Å². The van der Waals surface area contributed by atoms with E-state index in [4.69, 9.17) is 0 Å². The minimum Gasteiger partial charge on any atom is -0.393 e. The molecular formula is C22H46O. The van der Waals surface area contributed by atoms with Gasteiger partial charge in [-0.2, -0.15) is 0 Å². The Labute approximate surface area is 147 Å². The molecule has 1 N–H and O–H groups in total. The second-order valence-corrected chi connectivity index (χ2v) is 7.53. The summed E-state index contributed by atoms with van der Waals surface area (Å²) in [6, 6.07) is 0. The summed E-state index contributed by atoms with van der Waals surface area (Å²) in [6.45, 7) is 4.54. The van der Waals surface area contributed by atoms with E-state index in [2.05, 4.69) is 13.8 Å². The molecule has 140 valence electrons. The van der Waals surface area contributed by atoms with Crippen molar-refractivity contribution in [3.05, 3.63) is 0 Å². The largest absolute Gasteiger partial charge is 0.393 e. The van der Waals surface area contributed by atoms with Crippen LogP contribution in [-0.4, -0.2) is 11.2 Å². The van der Waals surface area contributed by atoms with Crippen LogP contribution in [0.5, 0.6) is 0 Å². The number of unbranched alkanes of at least 4 members (excludes halogenated alkanes) is 15. The van der Waals surface area contributed by atoms with E-state index >= 15 is 0 Å². The average molecular weight is 327 g/mol. The fraction of sp³-hybridized carbons (Fsp3) is 1.00. The third kappa shape index (κ3) is 19.9. The SMILES string of the molecule is CCCCCCCCCCCCCCC(O)CCCCCCC. The van der Waals surface area contributed by atoms with Crippen LogP contribution in [0.15, 0.2) is 0 Å². The maximum atomic E-state index is 9.97. The van der Waals surface area contributed by atoms with Crippen molar-refractivity contribution in [2.24, 2.45) is 0 Å². The van der Waals surface area contributed by atoms with Crippen LogP contribution in [0.4, 0.5) is 0 Å². The van der Waals surface area contributed by atoms with Gasteiger partial charge in [0.15, 0.2) is 0 Å². The normalized spacial score (nSPS) is 12.7. The zero-order chi connectivity index (χ0) is 17.0. The van der Waals surface area contributed by atoms with Crippen LogP contribution < -0.4 is 0 Å². The molecule has 1 unspecified atom stereocenters. The molecule has 1 nitrogen and oxygen atoms in total. The second-order valence-electron chi connectivity index (χ2n) is 7.53. The van der Waals surface area contributed by atoms with Gasteiger partial charge in [0.25, 0.3) is 0 Å². The molecule has 0 heterocycles. The maximum Gasteiger partial charge on any atom is 0.0540 e. The molecule has 0 saturated carbocycles. The topological polar surface area (TPSA) is 20.2 Å². The van der Waals surface area contributed by atoms with E-state index in [0.717, 1.165) is 12.8 Å². The molecule has 0 aromatic rings. The van der Waals surface area contributed by atoms with Gasteiger partial charge < -0.3 is 5.11 Å². The van der Waals surface area contributed by atoms with Crippen molar-refractivity contribution in [1.82, 2.24) is 0 Å². The van der Waals surface area contributed by atoms with E-state index in [1.165, 1.54) is 109 Å². The highest BCUT2D eigenvalue weighted by atomic mass is 16.3. The van der Waals surface area contributed by atoms with Gasteiger partial charge in [0, 0.05) is 0 Å². The lowest BCUT2D eigenvalue weighted by atomic mass is 10.0. The molecule has 0 amide bonds. The molecule has 0 spiro atoms. The van der Waals surface area contributed by atoms with Crippen LogP contribution in [0.2, 0.25) is 0 Å². The fourth-order valence-corrected chi connectivity index (χ4v) is 3.35. The summed E-state index contributed by atoms with van der Waals surface area (Å²) in [6.07, 6.45) is 25.3. The van der Waals surface area contributed by atoms with Crippen molar-refractivity contribution in [3.63, 3.8) is 0 Å². The molecule has 23 heavy (non-hydrogen) atoms. The van der Waals surface area contributed by atoms with E-state index < -0.39 is 0 Å². The highest BCUT2D eigenvalue weighted by molar-refractivity contribution is 4.57. The van der Waals surface area contributed by atoms with Crippen molar-refractivity contribution in [1.29, 1.82) is 0 Å². The van der Waals surface area contributed by atoms with Gasteiger partial charge >= 0.3 is 0 Å². The summed E-state index contributed by atoms with van der Waals surface area (Å²) in [5, 5.41) is 9.97. The first-order chi connectivity index (χ1) is 11.3. The summed E-state index contributed by atoms with van der Waals surface area (Å²) < 4.78 is 0. The first-order valence-electron chi connectivity index (χ1n) is 11.0. The monoisotopic (exact) mass is 326 g/mol. The summed E-state index contributed by atoms with van der Waals surface area (Å²) in [5.41, 5.74) is 0. The molecule has 0 bridgehead atoms. The van der Waals surface area contributed by atoms with Gasteiger partial charge in [-0.05, 0) is 12.8 Å². The second kappa shape index (κ2) is 20.0. The lowest BCUT2D eigenvalue weighted by Crippen LogP contribution is -2.05. The zero-order valence-electron chi connectivity index (χ0n) is 16.5. The van der Waals surface area contributed by atoms with Crippen LogP contribution in [0, 0.1) is 0 Å². The van der Waals surface area contributed by atoms with E-state index in [9.17, 15) is 5.11 Å². The lowest BCUT2D eigenvalue weighted by Gasteiger charge is -2.10. The Morgan fingerprint density at radius 1 is 0.435 bits per heavy atom. The average Bonchev–Trinajstić information content (AvgIpc) is 2.55. The third-order valence-electron chi connectivity index (χ3n) is 5.03. The first-order valence-corrected chi connectivity index (χ1v) is 11.0. The summed E-state index contributed by atoms with van der Waals surface area (Å²) in [5.74, 6) is 0. The molecule has 0 radical (unpaired) electrons. The Balaban J connectivity index is 3.08. The van der Waals surface area contributed by atoms with Crippen LogP contribution in [0.25, 0.3) is 0 Å². The van der Waals surface area contributed by atoms with Gasteiger partial charge in [0.2, 0.25) is 0 Å². The van der Waals surface area contributed by atoms with Crippen molar-refractivity contribution in [2.75, 3.05) is 0 Å². The summed E-state index contributed by atoms with van der Waals surface area (Å²) >= 11 is 0. The molecular weight excluding hydrogens is 280 g/mol. The van der Waals surface area contributed by atoms with Gasteiger partial charge in [-0.1, -0.05) is 123 Å². The van der Waals surface area contributed by atoms with E-state index in [1.54, 1.807) is 0 Å².